The van der Waals surface area contributed by atoms with Gasteiger partial charge in [0.15, 0.2) is 5.43 Å². The molecule has 2 heterocycles. The van der Waals surface area contributed by atoms with Gasteiger partial charge in [-0.05, 0) is 56.9 Å². The lowest BCUT2D eigenvalue weighted by Crippen LogP contribution is -2.31. The molecule has 0 aliphatic heterocycles. The van der Waals surface area contributed by atoms with Gasteiger partial charge in [-0.25, -0.2) is 0 Å². The number of hydrogen-bond donors (Lipinski definition) is 0. The summed E-state index contributed by atoms with van der Waals surface area (Å²) in [6, 6.07) is 24.8. The van der Waals surface area contributed by atoms with Gasteiger partial charge in [0.05, 0.1) is 17.2 Å². The highest BCUT2D eigenvalue weighted by Crippen LogP contribution is 2.25. The number of rotatable bonds is 8. The Balaban J connectivity index is 1.26. The summed E-state index contributed by atoms with van der Waals surface area (Å²) in [5.41, 5.74) is 6.15. The molecule has 0 aliphatic carbocycles. The molecule has 3 aromatic carbocycles. The van der Waals surface area contributed by atoms with E-state index < -0.39 is 0 Å². The second kappa shape index (κ2) is 9.90. The van der Waals surface area contributed by atoms with Gasteiger partial charge in [-0.3, -0.25) is 4.79 Å². The van der Waals surface area contributed by atoms with Crippen molar-refractivity contribution < 1.29 is 4.42 Å². The predicted octanol–water partition coefficient (Wildman–Crippen LogP) is 5.61. The van der Waals surface area contributed by atoms with Gasteiger partial charge >= 0.3 is 0 Å². The van der Waals surface area contributed by atoms with Crippen LogP contribution in [0.4, 0.5) is 0 Å². The van der Waals surface area contributed by atoms with Crippen molar-refractivity contribution in [1.29, 1.82) is 0 Å². The van der Waals surface area contributed by atoms with E-state index in [2.05, 4.69) is 83.2 Å². The number of fused-ring (bicyclic) bond motifs is 2. The summed E-state index contributed by atoms with van der Waals surface area (Å²) >= 11 is 0. The summed E-state index contributed by atoms with van der Waals surface area (Å²) in [6.45, 7) is 5.14. The minimum absolute atomic E-state index is 0.0591. The molecule has 0 saturated heterocycles. The van der Waals surface area contributed by atoms with Crippen LogP contribution in [0.25, 0.3) is 27.6 Å². The topological polar surface area (TPSA) is 41.6 Å². The molecule has 0 spiro atoms. The Morgan fingerprint density at radius 3 is 2.26 bits per heavy atom. The molecule has 2 aromatic heterocycles. The average molecular weight is 466 g/mol. The maximum atomic E-state index is 12.9. The molecule has 0 aliphatic rings. The van der Waals surface area contributed by atoms with Crippen LogP contribution in [0, 0.1) is 6.92 Å². The Hall–Kier alpha value is -3.67. The van der Waals surface area contributed by atoms with E-state index in [1.165, 1.54) is 22.2 Å². The summed E-state index contributed by atoms with van der Waals surface area (Å²) < 4.78 is 7.99. The fourth-order valence-corrected chi connectivity index (χ4v) is 4.65. The fourth-order valence-electron chi connectivity index (χ4n) is 4.65. The minimum atomic E-state index is 0.0591. The van der Waals surface area contributed by atoms with E-state index in [0.717, 1.165) is 25.2 Å². The third-order valence-corrected chi connectivity index (χ3v) is 6.57. The van der Waals surface area contributed by atoms with E-state index in [1.54, 1.807) is 6.26 Å². The van der Waals surface area contributed by atoms with Gasteiger partial charge in [-0.2, -0.15) is 0 Å². The Morgan fingerprint density at radius 2 is 1.49 bits per heavy atom. The predicted molar refractivity (Wildman–Crippen MR) is 143 cm³/mol. The van der Waals surface area contributed by atoms with Crippen molar-refractivity contribution in [1.82, 2.24) is 14.4 Å². The smallest absolute Gasteiger partial charge is 0.197 e. The molecule has 0 atom stereocenters. The third kappa shape index (κ3) is 4.92. The molecule has 178 valence electrons. The summed E-state index contributed by atoms with van der Waals surface area (Å²) in [5, 5.41) is 1.93. The maximum Gasteiger partial charge on any atom is 0.197 e. The molecule has 0 radical (unpaired) electrons. The maximum absolute atomic E-state index is 12.9. The molecule has 5 rings (SSSR count). The molecule has 5 aromatic rings. The molecule has 0 saturated carbocycles. The second-order valence-corrected chi connectivity index (χ2v) is 9.44. The van der Waals surface area contributed by atoms with Crippen LogP contribution < -0.4 is 5.43 Å². The van der Waals surface area contributed by atoms with Gasteiger partial charge in [-0.15, -0.1) is 0 Å². The molecule has 35 heavy (non-hydrogen) atoms. The molecule has 0 bridgehead atoms. The first-order chi connectivity index (χ1) is 17.0. The fraction of sp³-hybridized carbons (Fsp3) is 0.233. The van der Waals surface area contributed by atoms with E-state index in [9.17, 15) is 4.79 Å². The highest BCUT2D eigenvalue weighted by Gasteiger charge is 2.13. The minimum Gasteiger partial charge on any atom is -0.464 e. The van der Waals surface area contributed by atoms with Crippen molar-refractivity contribution in [2.75, 3.05) is 27.2 Å². The Kier molecular flexibility index (Phi) is 6.53. The zero-order chi connectivity index (χ0) is 24.4. The number of aromatic nitrogens is 1. The van der Waals surface area contributed by atoms with Gasteiger partial charge in [0.25, 0.3) is 0 Å². The molecule has 5 heteroatoms. The summed E-state index contributed by atoms with van der Waals surface area (Å²) in [6.07, 6.45) is 3.86. The number of likely N-dealkylation sites (N-methyl/N-ethyl adjacent to an activating group) is 2. The average Bonchev–Trinajstić information content (AvgIpc) is 3.24. The van der Waals surface area contributed by atoms with Crippen LogP contribution in [-0.4, -0.2) is 41.6 Å². The summed E-state index contributed by atoms with van der Waals surface area (Å²) in [7, 11) is 4.20. The van der Waals surface area contributed by atoms with Crippen LogP contribution in [0.3, 0.4) is 0 Å². The number of para-hydroxylation sites is 2. The van der Waals surface area contributed by atoms with Crippen LogP contribution in [0.15, 0.2) is 94.5 Å². The molecule has 5 nitrogen and oxygen atoms in total. The quantitative estimate of drug-likeness (QED) is 0.299. The molecule has 0 unspecified atom stereocenters. The van der Waals surface area contributed by atoms with Crippen molar-refractivity contribution in [3.8, 4) is 5.69 Å². The SMILES string of the molecule is Cc1ccc2occ(CN(C)CCN(C)Cc3cn(-c4ccccc4)c4ccccc34)c(=O)c2c1. The zero-order valence-corrected chi connectivity index (χ0v) is 20.6. The highest BCUT2D eigenvalue weighted by molar-refractivity contribution is 5.85. The normalized spacial score (nSPS) is 11.8. The van der Waals surface area contributed by atoms with Crippen LogP contribution >= 0.6 is 0 Å². The standard InChI is InChI=1S/C30H31N3O2/c1-22-13-14-29-27(17-22)30(34)24(21-35-29)19-32(3)16-15-31(2)18-23-20-33(25-9-5-4-6-10-25)28-12-8-7-11-26(23)28/h4-14,17,20-21H,15-16,18-19H2,1-3H3. The van der Waals surface area contributed by atoms with Gasteiger partial charge in [0.2, 0.25) is 0 Å². The van der Waals surface area contributed by atoms with Crippen molar-refractivity contribution in [3.63, 3.8) is 0 Å². The summed E-state index contributed by atoms with van der Waals surface area (Å²) in [4.78, 5) is 17.5. The Bertz CT molecular complexity index is 1520. The van der Waals surface area contributed by atoms with Crippen LogP contribution in [0.1, 0.15) is 16.7 Å². The van der Waals surface area contributed by atoms with Crippen molar-refractivity contribution in [2.45, 2.75) is 20.0 Å². The van der Waals surface area contributed by atoms with Crippen molar-refractivity contribution in [2.24, 2.45) is 0 Å². The first-order valence-corrected chi connectivity index (χ1v) is 12.0. The van der Waals surface area contributed by atoms with Gasteiger partial charge in [-0.1, -0.05) is 48.0 Å². The first-order valence-electron chi connectivity index (χ1n) is 12.0. The Labute approximate surface area is 205 Å². The van der Waals surface area contributed by atoms with Crippen LogP contribution in [0.2, 0.25) is 0 Å². The number of nitrogens with zero attached hydrogens (tertiary/aromatic N) is 3. The van der Waals surface area contributed by atoms with Gasteiger partial charge < -0.3 is 18.8 Å². The van der Waals surface area contributed by atoms with Crippen molar-refractivity contribution >= 4 is 21.9 Å². The van der Waals surface area contributed by atoms with E-state index >= 15 is 0 Å². The zero-order valence-electron chi connectivity index (χ0n) is 20.6. The second-order valence-electron chi connectivity index (χ2n) is 9.44. The number of hydrogen-bond acceptors (Lipinski definition) is 4. The van der Waals surface area contributed by atoms with Crippen LogP contribution in [-0.2, 0) is 13.1 Å². The van der Waals surface area contributed by atoms with E-state index in [1.807, 2.05) is 31.2 Å². The summed E-state index contributed by atoms with van der Waals surface area (Å²) in [5.74, 6) is 0. The van der Waals surface area contributed by atoms with Crippen molar-refractivity contribution in [3.05, 3.63) is 112 Å². The van der Waals surface area contributed by atoms with E-state index in [4.69, 9.17) is 4.42 Å². The van der Waals surface area contributed by atoms with Gasteiger partial charge in [0.1, 0.15) is 5.58 Å². The highest BCUT2D eigenvalue weighted by atomic mass is 16.3. The van der Waals surface area contributed by atoms with Crippen LogP contribution in [0.5, 0.6) is 0 Å². The molecule has 0 fully saturated rings. The van der Waals surface area contributed by atoms with E-state index in [0.29, 0.717) is 23.1 Å². The lowest BCUT2D eigenvalue weighted by Gasteiger charge is -2.21. The molecular formula is C30H31N3O2. The largest absolute Gasteiger partial charge is 0.464 e. The lowest BCUT2D eigenvalue weighted by atomic mass is 10.1. The van der Waals surface area contributed by atoms with E-state index in [-0.39, 0.29) is 5.43 Å². The lowest BCUT2D eigenvalue weighted by molar-refractivity contribution is 0.246. The molecular weight excluding hydrogens is 434 g/mol. The third-order valence-electron chi connectivity index (χ3n) is 6.57. The molecule has 0 N–H and O–H groups in total. The Morgan fingerprint density at radius 1 is 0.800 bits per heavy atom. The monoisotopic (exact) mass is 465 g/mol. The molecule has 0 amide bonds. The number of aryl methyl sites for hydroxylation is 1. The number of benzene rings is 3. The first kappa shape index (κ1) is 23.1. The van der Waals surface area contributed by atoms with Gasteiger partial charge in [0, 0.05) is 49.0 Å².